The second kappa shape index (κ2) is 25.2. The summed E-state index contributed by atoms with van der Waals surface area (Å²) in [5, 5.41) is 5.65. The van der Waals surface area contributed by atoms with E-state index in [-0.39, 0.29) is 24.3 Å². The van der Waals surface area contributed by atoms with E-state index in [1.165, 1.54) is 26.1 Å². The summed E-state index contributed by atoms with van der Waals surface area (Å²) in [6, 6.07) is 59.5. The van der Waals surface area contributed by atoms with Crippen molar-refractivity contribution in [2.75, 3.05) is 29.6 Å². The number of benzene rings is 10. The van der Waals surface area contributed by atoms with Crippen molar-refractivity contribution in [3.63, 3.8) is 0 Å². The summed E-state index contributed by atoms with van der Waals surface area (Å²) in [6.45, 7) is 13.2. The lowest BCUT2D eigenvalue weighted by molar-refractivity contribution is 0.0910. The molecule has 0 aromatic heterocycles. The fraction of sp³-hybridized carbons (Fsp3) is 0.147. The summed E-state index contributed by atoms with van der Waals surface area (Å²) in [7, 11) is 0. The standard InChI is InChI=1S/C57H38N2O8.C16H16O.C2H6/c1-5-29-64-51-11-7-9-35-31-39(17-25-45(35)51)58-53(60)47-27-23-43(33-49(47)55(58)62)66-41-19-13-37(14-20-41)57(3,4)38-15-21-42(22-16-38)67-44-24-28-48-50(34-44)56(63)59(54(48)61)40-18-26-46-36(32-40)10-8-12-52(46)65-30-6-2;1-4-9-17-16-8-7-14-10-13(12(2)3)5-6-15(14)11-16;1-2/h1-2,7-28,31-34H,29-30H2,3-4H3;1,5-8,10-12H,9H2,2-3H3;1-2H3. The van der Waals surface area contributed by atoms with E-state index in [1.807, 2.05) is 123 Å². The Morgan fingerprint density at radius 1 is 0.407 bits per heavy atom. The molecule has 0 saturated heterocycles. The highest BCUT2D eigenvalue weighted by molar-refractivity contribution is 6.35. The average Bonchev–Trinajstić information content (AvgIpc) is 1.98. The minimum atomic E-state index is -0.440. The Bertz CT molecular complexity index is 4180. The van der Waals surface area contributed by atoms with Crippen LogP contribution in [0.25, 0.3) is 32.3 Å². The number of rotatable bonds is 15. The molecule has 0 aliphatic carbocycles. The van der Waals surface area contributed by atoms with Crippen molar-refractivity contribution in [1.82, 2.24) is 0 Å². The number of carbonyl (C=O) groups excluding carboxylic acids is 4. The average molecular weight is 1130 g/mol. The van der Waals surface area contributed by atoms with Crippen LogP contribution in [0.15, 0.2) is 194 Å². The van der Waals surface area contributed by atoms with E-state index in [0.717, 1.165) is 38.4 Å². The molecule has 2 aliphatic rings. The molecule has 11 heteroatoms. The molecule has 86 heavy (non-hydrogen) atoms. The molecule has 0 atom stereocenters. The maximum absolute atomic E-state index is 13.7. The Hall–Kier alpha value is -11.1. The summed E-state index contributed by atoms with van der Waals surface area (Å²) in [4.78, 5) is 56.8. The Morgan fingerprint density at radius 3 is 1.27 bits per heavy atom. The number of nitrogens with zero attached hydrogens (tertiary/aromatic N) is 2. The van der Waals surface area contributed by atoms with E-state index in [9.17, 15) is 19.2 Å². The predicted octanol–water partition coefficient (Wildman–Crippen LogP) is 16.5. The van der Waals surface area contributed by atoms with Crippen LogP contribution in [0.2, 0.25) is 0 Å². The van der Waals surface area contributed by atoms with Gasteiger partial charge in [0.1, 0.15) is 60.1 Å². The molecule has 0 N–H and O–H groups in total. The molecule has 0 radical (unpaired) electrons. The Kier molecular flexibility index (Phi) is 17.0. The minimum absolute atomic E-state index is 0.123. The van der Waals surface area contributed by atoms with Crippen LogP contribution in [0.3, 0.4) is 0 Å². The van der Waals surface area contributed by atoms with Crippen molar-refractivity contribution >= 4 is 67.3 Å². The molecule has 0 unspecified atom stereocenters. The number of terminal acetylenes is 3. The molecule has 0 fully saturated rings. The third-order valence-electron chi connectivity index (χ3n) is 15.0. The first kappa shape index (κ1) is 58.1. The van der Waals surface area contributed by atoms with Crippen molar-refractivity contribution < 1.29 is 42.9 Å². The zero-order valence-corrected chi connectivity index (χ0v) is 48.5. The summed E-state index contributed by atoms with van der Waals surface area (Å²) in [5.41, 5.74) is 4.99. The third kappa shape index (κ3) is 11.8. The highest BCUT2D eigenvalue weighted by Gasteiger charge is 2.39. The second-order valence-electron chi connectivity index (χ2n) is 20.9. The molecule has 11 nitrogen and oxygen atoms in total. The molecule has 0 bridgehead atoms. The lowest BCUT2D eigenvalue weighted by Gasteiger charge is -2.26. The van der Waals surface area contributed by atoms with Gasteiger partial charge in [-0.25, -0.2) is 9.80 Å². The first-order chi connectivity index (χ1) is 41.7. The Morgan fingerprint density at radius 2 is 0.814 bits per heavy atom. The molecule has 2 heterocycles. The van der Waals surface area contributed by atoms with E-state index < -0.39 is 29.0 Å². The SMILES string of the molecule is C#CCOc1ccc2cc(C(C)C)ccc2c1.C#CCOc1cccc2cc(N3C(=O)c4ccc(Oc5ccc(C(C)(C)c6ccc(Oc7ccc8c(c7)C(=O)N(c7ccc9c(OCC#C)cccc9c7)C8=O)cc6)cc5)cc4C3=O)ccc12.CC. The highest BCUT2D eigenvalue weighted by Crippen LogP contribution is 2.40. The van der Waals surface area contributed by atoms with Crippen LogP contribution in [0.1, 0.15) is 106 Å². The topological polar surface area (TPSA) is 121 Å². The molecule has 10 aromatic rings. The van der Waals surface area contributed by atoms with Gasteiger partial charge in [0.05, 0.1) is 33.6 Å². The number of ether oxygens (including phenoxy) is 5. The predicted molar refractivity (Wildman–Crippen MR) is 341 cm³/mol. The van der Waals surface area contributed by atoms with Crippen molar-refractivity contribution in [2.45, 2.75) is 52.9 Å². The fourth-order valence-corrected chi connectivity index (χ4v) is 10.4. The van der Waals surface area contributed by atoms with Gasteiger partial charge in [-0.05, 0) is 165 Å². The number of carbonyl (C=O) groups is 4. The fourth-order valence-electron chi connectivity index (χ4n) is 10.4. The van der Waals surface area contributed by atoms with Gasteiger partial charge in [0.25, 0.3) is 23.6 Å². The van der Waals surface area contributed by atoms with Crippen LogP contribution in [-0.4, -0.2) is 43.4 Å². The van der Waals surface area contributed by atoms with E-state index in [2.05, 4.69) is 69.7 Å². The quantitative estimate of drug-likeness (QED) is 0.0730. The zero-order chi connectivity index (χ0) is 60.6. The van der Waals surface area contributed by atoms with E-state index >= 15 is 0 Å². The maximum Gasteiger partial charge on any atom is 0.266 e. The number of hydrogen-bond acceptors (Lipinski definition) is 9. The van der Waals surface area contributed by atoms with Crippen LogP contribution in [-0.2, 0) is 5.41 Å². The summed E-state index contributed by atoms with van der Waals surface area (Å²) in [6.07, 6.45) is 15.9. The molecule has 10 aromatic carbocycles. The largest absolute Gasteiger partial charge is 0.481 e. The van der Waals surface area contributed by atoms with E-state index in [4.69, 9.17) is 43.0 Å². The summed E-state index contributed by atoms with van der Waals surface area (Å²) >= 11 is 0. The monoisotopic (exact) mass is 1130 g/mol. The number of fused-ring (bicyclic) bond motifs is 5. The van der Waals surface area contributed by atoms with Gasteiger partial charge >= 0.3 is 0 Å². The lowest BCUT2D eigenvalue weighted by atomic mass is 9.78. The molecular weight excluding hydrogens is 1070 g/mol. The normalized spacial score (nSPS) is 12.3. The summed E-state index contributed by atoms with van der Waals surface area (Å²) < 4.78 is 29.1. The van der Waals surface area contributed by atoms with Crippen LogP contribution in [0, 0.1) is 37.0 Å². The van der Waals surface area contributed by atoms with Gasteiger partial charge < -0.3 is 23.7 Å². The van der Waals surface area contributed by atoms with Gasteiger partial charge in [0.2, 0.25) is 0 Å². The minimum Gasteiger partial charge on any atom is -0.481 e. The summed E-state index contributed by atoms with van der Waals surface area (Å²) in [5.74, 6) is 10.3. The third-order valence-corrected chi connectivity index (χ3v) is 15.0. The van der Waals surface area contributed by atoms with Crippen LogP contribution < -0.4 is 33.5 Å². The lowest BCUT2D eigenvalue weighted by Crippen LogP contribution is -2.29. The zero-order valence-electron chi connectivity index (χ0n) is 48.5. The van der Waals surface area contributed by atoms with Crippen molar-refractivity contribution in [1.29, 1.82) is 0 Å². The van der Waals surface area contributed by atoms with Crippen molar-refractivity contribution in [2.24, 2.45) is 0 Å². The first-order valence-electron chi connectivity index (χ1n) is 28.1. The van der Waals surface area contributed by atoms with Gasteiger partial charge in [0.15, 0.2) is 0 Å². The van der Waals surface area contributed by atoms with Crippen molar-refractivity contribution in [3.05, 3.63) is 233 Å². The van der Waals surface area contributed by atoms with E-state index in [0.29, 0.717) is 69.5 Å². The van der Waals surface area contributed by atoms with E-state index in [1.54, 1.807) is 60.7 Å². The molecule has 424 valence electrons. The smallest absolute Gasteiger partial charge is 0.266 e. The molecule has 0 spiro atoms. The Balaban J connectivity index is 0.000000369. The van der Waals surface area contributed by atoms with Gasteiger partial charge in [-0.2, -0.15) is 0 Å². The first-order valence-corrected chi connectivity index (χ1v) is 28.1. The number of amides is 4. The van der Waals surface area contributed by atoms with Gasteiger partial charge in [-0.3, -0.25) is 19.2 Å². The molecule has 0 saturated carbocycles. The number of anilines is 2. The van der Waals surface area contributed by atoms with Crippen LogP contribution >= 0.6 is 0 Å². The molecule has 2 aliphatic heterocycles. The van der Waals surface area contributed by atoms with Crippen LogP contribution in [0.5, 0.6) is 40.2 Å². The molecule has 4 amide bonds. The highest BCUT2D eigenvalue weighted by atomic mass is 16.5. The Labute approximate surface area is 500 Å². The number of imide groups is 2. The molecule has 12 rings (SSSR count). The molecular formula is C75H60N2O9. The van der Waals surface area contributed by atoms with Gasteiger partial charge in [-0.1, -0.05) is 132 Å². The van der Waals surface area contributed by atoms with Gasteiger partial charge in [-0.15, -0.1) is 19.3 Å². The maximum atomic E-state index is 13.7. The van der Waals surface area contributed by atoms with Crippen LogP contribution in [0.4, 0.5) is 11.4 Å². The van der Waals surface area contributed by atoms with Crippen molar-refractivity contribution in [3.8, 4) is 77.3 Å². The van der Waals surface area contributed by atoms with Gasteiger partial charge in [0, 0.05) is 16.2 Å². The second-order valence-corrected chi connectivity index (χ2v) is 20.9. The number of hydrogen-bond donors (Lipinski definition) is 0.